The third-order valence-corrected chi connectivity index (χ3v) is 3.41. The highest BCUT2D eigenvalue weighted by Gasteiger charge is 2.16. The molecule has 2 N–H and O–H groups in total. The molecule has 0 aliphatic rings. The molecule has 0 aromatic heterocycles. The monoisotopic (exact) mass is 306 g/mol. The fourth-order valence-electron chi connectivity index (χ4n) is 2.32. The van der Waals surface area contributed by atoms with Crippen LogP contribution in [0.2, 0.25) is 0 Å². The highest BCUT2D eigenvalue weighted by atomic mass is 16.7. The fraction of sp³-hybridized carbons (Fsp3) is 0. The van der Waals surface area contributed by atoms with Crippen LogP contribution >= 0.6 is 0 Å². The molecule has 0 saturated heterocycles. The van der Waals surface area contributed by atoms with Crippen molar-refractivity contribution in [3.63, 3.8) is 0 Å². The lowest BCUT2D eigenvalue weighted by Crippen LogP contribution is -2.26. The summed E-state index contributed by atoms with van der Waals surface area (Å²) in [5.41, 5.74) is 6.42. The normalized spacial score (nSPS) is 10.3. The number of hydrogen-bond acceptors (Lipinski definition) is 5. The number of para-hydroxylation sites is 1. The molecule has 0 fully saturated rings. The summed E-state index contributed by atoms with van der Waals surface area (Å²) in [6.45, 7) is 0. The van der Waals surface area contributed by atoms with E-state index in [1.807, 2.05) is 48.5 Å². The largest absolute Gasteiger partial charge is 0.359 e. The number of benzene rings is 3. The number of nitrogens with one attached hydrogen (secondary N) is 2. The van der Waals surface area contributed by atoms with Crippen LogP contribution in [0.4, 0.5) is 5.69 Å². The molecule has 0 aliphatic heterocycles. The Balaban J connectivity index is 1.81. The molecule has 114 valence electrons. The van der Waals surface area contributed by atoms with Crippen molar-refractivity contribution in [2.45, 2.75) is 0 Å². The molecular formula is C18H14N2O3. The zero-order chi connectivity index (χ0) is 16.1. The first-order valence-corrected chi connectivity index (χ1v) is 7.04. The van der Waals surface area contributed by atoms with Crippen LogP contribution in [0.3, 0.4) is 0 Å². The van der Waals surface area contributed by atoms with Crippen molar-refractivity contribution in [2.24, 2.45) is 0 Å². The average molecular weight is 306 g/mol. The van der Waals surface area contributed by atoms with Crippen molar-refractivity contribution in [3.8, 4) is 0 Å². The van der Waals surface area contributed by atoms with E-state index in [-0.39, 0.29) is 11.1 Å². The summed E-state index contributed by atoms with van der Waals surface area (Å²) in [7, 11) is 0. The Morgan fingerprint density at radius 2 is 1.65 bits per heavy atom. The molecule has 0 heterocycles. The third kappa shape index (κ3) is 3.20. The van der Waals surface area contributed by atoms with Crippen molar-refractivity contribution in [1.82, 2.24) is 5.59 Å². The molecule has 0 amide bonds. The minimum atomic E-state index is -0.632. The maximum atomic E-state index is 12.3. The number of hydrogen-bond donors (Lipinski definition) is 2. The van der Waals surface area contributed by atoms with Gasteiger partial charge < -0.3 is 4.84 Å². The van der Waals surface area contributed by atoms with Crippen LogP contribution < -0.4 is 11.0 Å². The van der Waals surface area contributed by atoms with Crippen molar-refractivity contribution in [2.75, 3.05) is 5.43 Å². The van der Waals surface area contributed by atoms with Crippen molar-refractivity contribution < 1.29 is 14.4 Å². The van der Waals surface area contributed by atoms with Gasteiger partial charge in [-0.15, -0.1) is 0 Å². The summed E-state index contributed by atoms with van der Waals surface area (Å²) in [6.07, 6.45) is 0.646. The van der Waals surface area contributed by atoms with Gasteiger partial charge in [-0.1, -0.05) is 60.2 Å². The number of carbonyl (C=O) groups excluding carboxylic acids is 2. The molecule has 23 heavy (non-hydrogen) atoms. The minimum Gasteiger partial charge on any atom is -0.346 e. The Labute approximate surface area is 132 Å². The molecule has 0 saturated carbocycles. The zero-order valence-corrected chi connectivity index (χ0v) is 12.2. The number of anilines is 1. The average Bonchev–Trinajstić information content (AvgIpc) is 2.61. The van der Waals surface area contributed by atoms with Gasteiger partial charge in [0.15, 0.2) is 6.29 Å². The van der Waals surface area contributed by atoms with Gasteiger partial charge in [0.05, 0.1) is 11.3 Å². The van der Waals surface area contributed by atoms with E-state index in [0.717, 1.165) is 11.1 Å². The standard InChI is InChI=1S/C18H14N2O3/c21-12-14-11-10-13-6-4-5-9-16(13)17(14)18(22)23-20-19-15-7-2-1-3-8-15/h1-12,19-20H. The summed E-state index contributed by atoms with van der Waals surface area (Å²) in [4.78, 5) is 28.6. The molecule has 0 unspecified atom stereocenters. The second-order valence-corrected chi connectivity index (χ2v) is 4.85. The Bertz CT molecular complexity index is 847. The molecule has 3 rings (SSSR count). The maximum Gasteiger partial charge on any atom is 0.359 e. The van der Waals surface area contributed by atoms with Crippen LogP contribution in [0.1, 0.15) is 20.7 Å². The molecule has 5 heteroatoms. The number of carbonyl (C=O) groups is 2. The summed E-state index contributed by atoms with van der Waals surface area (Å²) in [5.74, 6) is -0.632. The van der Waals surface area contributed by atoms with Gasteiger partial charge in [-0.2, -0.15) is 0 Å². The smallest absolute Gasteiger partial charge is 0.346 e. The Morgan fingerprint density at radius 1 is 0.913 bits per heavy atom. The van der Waals surface area contributed by atoms with Crippen LogP contribution in [0.5, 0.6) is 0 Å². The predicted molar refractivity (Wildman–Crippen MR) is 88.0 cm³/mol. The molecule has 0 bridgehead atoms. The van der Waals surface area contributed by atoms with Gasteiger partial charge in [-0.3, -0.25) is 10.2 Å². The Morgan fingerprint density at radius 3 is 2.43 bits per heavy atom. The van der Waals surface area contributed by atoms with Crippen LogP contribution in [0.25, 0.3) is 10.8 Å². The highest BCUT2D eigenvalue weighted by Crippen LogP contribution is 2.22. The zero-order valence-electron chi connectivity index (χ0n) is 12.2. The number of fused-ring (bicyclic) bond motifs is 1. The van der Waals surface area contributed by atoms with Gasteiger partial charge >= 0.3 is 5.97 Å². The quantitative estimate of drug-likeness (QED) is 0.559. The summed E-state index contributed by atoms with van der Waals surface area (Å²) >= 11 is 0. The topological polar surface area (TPSA) is 67.4 Å². The first kappa shape index (κ1) is 14.7. The van der Waals surface area contributed by atoms with E-state index in [0.29, 0.717) is 11.7 Å². The van der Waals surface area contributed by atoms with Crippen LogP contribution in [0, 0.1) is 0 Å². The van der Waals surface area contributed by atoms with E-state index < -0.39 is 5.97 Å². The lowest BCUT2D eigenvalue weighted by molar-refractivity contribution is 0.0308. The van der Waals surface area contributed by atoms with Gasteiger partial charge in [-0.05, 0) is 22.9 Å². The van der Waals surface area contributed by atoms with Gasteiger partial charge in [0.2, 0.25) is 0 Å². The van der Waals surface area contributed by atoms with Crippen LogP contribution in [0.15, 0.2) is 66.7 Å². The first-order chi connectivity index (χ1) is 11.3. The molecular weight excluding hydrogens is 292 g/mol. The summed E-state index contributed by atoms with van der Waals surface area (Å²) < 4.78 is 0. The van der Waals surface area contributed by atoms with Gasteiger partial charge in [0.25, 0.3) is 0 Å². The van der Waals surface area contributed by atoms with E-state index in [4.69, 9.17) is 4.84 Å². The number of rotatable bonds is 5. The second kappa shape index (κ2) is 6.72. The van der Waals surface area contributed by atoms with Crippen molar-refractivity contribution >= 4 is 28.7 Å². The summed E-state index contributed by atoms with van der Waals surface area (Å²) in [6, 6.07) is 19.9. The lowest BCUT2D eigenvalue weighted by Gasteiger charge is -2.11. The van der Waals surface area contributed by atoms with Crippen molar-refractivity contribution in [3.05, 3.63) is 77.9 Å². The number of aldehydes is 1. The van der Waals surface area contributed by atoms with Gasteiger partial charge in [-0.25, -0.2) is 4.79 Å². The van der Waals surface area contributed by atoms with Gasteiger partial charge in [0, 0.05) is 5.56 Å². The molecule has 0 aliphatic carbocycles. The maximum absolute atomic E-state index is 12.3. The lowest BCUT2D eigenvalue weighted by atomic mass is 10.00. The first-order valence-electron chi connectivity index (χ1n) is 7.04. The van der Waals surface area contributed by atoms with Crippen molar-refractivity contribution in [1.29, 1.82) is 0 Å². The van der Waals surface area contributed by atoms with E-state index >= 15 is 0 Å². The molecule has 0 radical (unpaired) electrons. The van der Waals surface area contributed by atoms with E-state index in [2.05, 4.69) is 11.0 Å². The van der Waals surface area contributed by atoms with Gasteiger partial charge in [0.1, 0.15) is 0 Å². The molecule has 3 aromatic rings. The van der Waals surface area contributed by atoms with Crippen LogP contribution in [-0.2, 0) is 4.84 Å². The SMILES string of the molecule is O=Cc1ccc2ccccc2c1C(=O)ONNc1ccccc1. The Hall–Kier alpha value is -3.18. The second-order valence-electron chi connectivity index (χ2n) is 4.85. The van der Waals surface area contributed by atoms with E-state index in [1.54, 1.807) is 18.2 Å². The molecule has 0 atom stereocenters. The predicted octanol–water partition coefficient (Wildman–Crippen LogP) is 3.34. The fourth-order valence-corrected chi connectivity index (χ4v) is 2.32. The summed E-state index contributed by atoms with van der Waals surface area (Å²) in [5, 5.41) is 1.53. The van der Waals surface area contributed by atoms with E-state index in [9.17, 15) is 9.59 Å². The Kier molecular flexibility index (Phi) is 4.31. The highest BCUT2D eigenvalue weighted by molar-refractivity contribution is 6.10. The molecule has 3 aromatic carbocycles. The van der Waals surface area contributed by atoms with E-state index in [1.165, 1.54) is 0 Å². The molecule has 5 nitrogen and oxygen atoms in total. The number of hydrazine groups is 1. The minimum absolute atomic E-state index is 0.237. The molecule has 0 spiro atoms. The third-order valence-electron chi connectivity index (χ3n) is 3.41. The van der Waals surface area contributed by atoms with Crippen LogP contribution in [-0.4, -0.2) is 12.3 Å².